The molecule has 1 aromatic heterocycles. The number of anilines is 1. The van der Waals surface area contributed by atoms with E-state index in [0.717, 1.165) is 37.2 Å². The van der Waals surface area contributed by atoms with Gasteiger partial charge in [0.2, 0.25) is 0 Å². The van der Waals surface area contributed by atoms with E-state index in [2.05, 4.69) is 17.1 Å². The molecular weight excluding hydrogens is 386 g/mol. The fraction of sp³-hybridized carbons (Fsp3) is 0.550. The van der Waals surface area contributed by atoms with E-state index in [0.29, 0.717) is 28.0 Å². The molecule has 7 N–H and O–H groups in total. The topological polar surface area (TPSA) is 154 Å². The molecule has 10 heteroatoms. The predicted octanol–water partition coefficient (Wildman–Crippen LogP) is -0.412. The van der Waals surface area contributed by atoms with Crippen molar-refractivity contribution >= 4 is 22.6 Å². The Labute approximate surface area is 173 Å². The first-order valence-corrected chi connectivity index (χ1v) is 10.3. The number of fused-ring (bicyclic) bond motifs is 1. The Kier molecular flexibility index (Phi) is 4.97. The van der Waals surface area contributed by atoms with Crippen molar-refractivity contribution in [2.45, 2.75) is 38.8 Å². The number of rotatable bonds is 5. The van der Waals surface area contributed by atoms with Crippen molar-refractivity contribution in [2.24, 2.45) is 23.3 Å². The molecule has 2 fully saturated rings. The predicted molar refractivity (Wildman–Crippen MR) is 116 cm³/mol. The molecule has 0 spiro atoms. The summed E-state index contributed by atoms with van der Waals surface area (Å²) in [5.74, 6) is 6.24. The first-order valence-electron chi connectivity index (χ1n) is 10.3. The number of nitrogen functional groups attached to an aromatic ring is 1. The molecule has 1 aliphatic heterocycles. The van der Waals surface area contributed by atoms with Crippen molar-refractivity contribution in [3.05, 3.63) is 38.5 Å². The smallest absolute Gasteiger partial charge is 0.350 e. The van der Waals surface area contributed by atoms with Crippen molar-refractivity contribution in [3.8, 4) is 0 Å². The highest BCUT2D eigenvalue weighted by molar-refractivity contribution is 5.87. The summed E-state index contributed by atoms with van der Waals surface area (Å²) in [6.07, 6.45) is 1.81. The SMILES string of the molecule is Cc1c(N2C[C@H]([C@@H](N)CNC(N)=O)[C@H](C)C2)ccc2c(=O)n(N)c(=O)n(C3CC3)c12. The van der Waals surface area contributed by atoms with Crippen LogP contribution in [0.25, 0.3) is 10.9 Å². The Hall–Kier alpha value is -3.01. The molecule has 1 saturated heterocycles. The lowest BCUT2D eigenvalue weighted by atomic mass is 9.91. The van der Waals surface area contributed by atoms with Crippen molar-refractivity contribution in [1.29, 1.82) is 0 Å². The number of aromatic nitrogens is 2. The normalized spacial score (nSPS) is 22.4. The molecule has 30 heavy (non-hydrogen) atoms. The van der Waals surface area contributed by atoms with Gasteiger partial charge in [-0.05, 0) is 49.3 Å². The molecular formula is C20H29N7O3. The monoisotopic (exact) mass is 415 g/mol. The highest BCUT2D eigenvalue weighted by Crippen LogP contribution is 2.38. The number of amides is 2. The summed E-state index contributed by atoms with van der Waals surface area (Å²) in [6.45, 7) is 5.92. The van der Waals surface area contributed by atoms with E-state index in [1.165, 1.54) is 0 Å². The lowest BCUT2D eigenvalue weighted by Crippen LogP contribution is -2.46. The van der Waals surface area contributed by atoms with Crippen molar-refractivity contribution in [2.75, 3.05) is 30.4 Å². The standard InChI is InChI=1S/C20H29N7O3/c1-10-8-25(9-14(10)15(21)7-24-19(22)29)16-6-5-13-17(11(16)2)26(12-3-4-12)20(30)27(23)18(13)28/h5-6,10,12,14-15H,3-4,7-9,21,23H2,1-2H3,(H3,22,24,29)/t10-,14+,15+/m1/s1. The Balaban J connectivity index is 1.72. The van der Waals surface area contributed by atoms with Gasteiger partial charge < -0.3 is 27.5 Å². The third kappa shape index (κ3) is 3.30. The number of aryl methyl sites for hydroxylation is 1. The largest absolute Gasteiger partial charge is 0.371 e. The molecule has 1 saturated carbocycles. The van der Waals surface area contributed by atoms with Crippen LogP contribution in [-0.4, -0.2) is 41.0 Å². The molecule has 10 nitrogen and oxygen atoms in total. The fourth-order valence-electron chi connectivity index (χ4n) is 4.73. The minimum absolute atomic E-state index is 0.0860. The Morgan fingerprint density at radius 2 is 1.97 bits per heavy atom. The summed E-state index contributed by atoms with van der Waals surface area (Å²) in [5, 5.41) is 3.04. The lowest BCUT2D eigenvalue weighted by Gasteiger charge is -2.25. The second-order valence-corrected chi connectivity index (χ2v) is 8.62. The summed E-state index contributed by atoms with van der Waals surface area (Å²) in [7, 11) is 0. The van der Waals surface area contributed by atoms with E-state index < -0.39 is 17.3 Å². The number of nitrogens with two attached hydrogens (primary N) is 3. The summed E-state index contributed by atoms with van der Waals surface area (Å²) < 4.78 is 2.38. The van der Waals surface area contributed by atoms with Crippen LogP contribution in [0, 0.1) is 18.8 Å². The first-order chi connectivity index (χ1) is 14.2. The van der Waals surface area contributed by atoms with E-state index in [1.54, 1.807) is 10.6 Å². The number of primary amides is 1. The molecule has 2 aromatic rings. The fourth-order valence-corrected chi connectivity index (χ4v) is 4.73. The van der Waals surface area contributed by atoms with Gasteiger partial charge in [-0.15, -0.1) is 0 Å². The minimum Gasteiger partial charge on any atom is -0.371 e. The van der Waals surface area contributed by atoms with Crippen molar-refractivity contribution < 1.29 is 4.79 Å². The molecule has 1 aliphatic carbocycles. The molecule has 4 rings (SSSR count). The number of carbonyl (C=O) groups is 1. The number of nitrogens with one attached hydrogen (secondary N) is 1. The maximum atomic E-state index is 12.7. The quantitative estimate of drug-likeness (QED) is 0.487. The van der Waals surface area contributed by atoms with Gasteiger partial charge in [0.25, 0.3) is 5.56 Å². The van der Waals surface area contributed by atoms with E-state index >= 15 is 0 Å². The van der Waals surface area contributed by atoms with Crippen LogP contribution < -0.4 is 38.8 Å². The number of nitrogens with zero attached hydrogens (tertiary/aromatic N) is 3. The summed E-state index contributed by atoms with van der Waals surface area (Å²) in [4.78, 5) is 38.6. The minimum atomic E-state index is -0.582. The van der Waals surface area contributed by atoms with Crippen LogP contribution in [0.3, 0.4) is 0 Å². The second-order valence-electron chi connectivity index (χ2n) is 8.62. The summed E-state index contributed by atoms with van der Waals surface area (Å²) in [6, 6.07) is 2.97. The number of benzene rings is 1. The average molecular weight is 415 g/mol. The number of carbonyl (C=O) groups excluding carboxylic acids is 1. The average Bonchev–Trinajstić information content (AvgIpc) is 3.46. The Bertz CT molecular complexity index is 1120. The van der Waals surface area contributed by atoms with Crippen LogP contribution in [-0.2, 0) is 0 Å². The van der Waals surface area contributed by atoms with E-state index in [-0.39, 0.29) is 18.0 Å². The van der Waals surface area contributed by atoms with Crippen LogP contribution in [0.2, 0.25) is 0 Å². The van der Waals surface area contributed by atoms with Crippen LogP contribution in [0.15, 0.2) is 21.7 Å². The highest BCUT2D eigenvalue weighted by atomic mass is 16.2. The first kappa shape index (κ1) is 20.3. The van der Waals surface area contributed by atoms with Crippen LogP contribution in [0.1, 0.15) is 31.4 Å². The molecule has 162 valence electrons. The zero-order valence-electron chi connectivity index (χ0n) is 17.3. The molecule has 2 heterocycles. The van der Waals surface area contributed by atoms with Crippen LogP contribution in [0.5, 0.6) is 0 Å². The third-order valence-electron chi connectivity index (χ3n) is 6.49. The van der Waals surface area contributed by atoms with Gasteiger partial charge in [-0.25, -0.2) is 9.59 Å². The van der Waals surface area contributed by atoms with E-state index in [1.807, 2.05) is 13.0 Å². The Morgan fingerprint density at radius 3 is 2.60 bits per heavy atom. The van der Waals surface area contributed by atoms with Crippen LogP contribution >= 0.6 is 0 Å². The lowest BCUT2D eigenvalue weighted by molar-refractivity contribution is 0.246. The number of hydrogen-bond donors (Lipinski definition) is 4. The van der Waals surface area contributed by atoms with Gasteiger partial charge in [0.1, 0.15) is 0 Å². The molecule has 1 aromatic carbocycles. The van der Waals surface area contributed by atoms with Gasteiger partial charge in [-0.2, -0.15) is 4.68 Å². The van der Waals surface area contributed by atoms with Gasteiger partial charge >= 0.3 is 11.7 Å². The summed E-state index contributed by atoms with van der Waals surface area (Å²) in [5.41, 5.74) is 13.1. The maximum absolute atomic E-state index is 12.7. The van der Waals surface area contributed by atoms with Crippen LogP contribution in [0.4, 0.5) is 10.5 Å². The maximum Gasteiger partial charge on any atom is 0.350 e. The number of urea groups is 1. The second kappa shape index (κ2) is 7.35. The molecule has 3 atom stereocenters. The molecule has 2 amide bonds. The molecule has 2 aliphatic rings. The van der Waals surface area contributed by atoms with Crippen molar-refractivity contribution in [3.63, 3.8) is 0 Å². The van der Waals surface area contributed by atoms with Crippen molar-refractivity contribution in [1.82, 2.24) is 14.6 Å². The van der Waals surface area contributed by atoms with Gasteiger partial charge in [0, 0.05) is 37.4 Å². The highest BCUT2D eigenvalue weighted by Gasteiger charge is 2.35. The third-order valence-corrected chi connectivity index (χ3v) is 6.49. The van der Waals surface area contributed by atoms with Gasteiger partial charge in [-0.1, -0.05) is 6.92 Å². The number of hydrogen-bond acceptors (Lipinski definition) is 6. The summed E-state index contributed by atoms with van der Waals surface area (Å²) >= 11 is 0. The molecule has 0 radical (unpaired) electrons. The van der Waals surface area contributed by atoms with Gasteiger partial charge in [-0.3, -0.25) is 9.36 Å². The zero-order valence-corrected chi connectivity index (χ0v) is 17.3. The van der Waals surface area contributed by atoms with Gasteiger partial charge in [0.05, 0.1) is 10.9 Å². The van der Waals surface area contributed by atoms with E-state index in [9.17, 15) is 14.4 Å². The zero-order chi connectivity index (χ0) is 21.7. The van der Waals surface area contributed by atoms with Gasteiger partial charge in [0.15, 0.2) is 0 Å². The van der Waals surface area contributed by atoms with E-state index in [4.69, 9.17) is 17.3 Å². The Morgan fingerprint density at radius 1 is 1.27 bits per heavy atom. The molecule has 0 unspecified atom stereocenters. The molecule has 0 bridgehead atoms.